The van der Waals surface area contributed by atoms with Gasteiger partial charge in [-0.2, -0.15) is 0 Å². The predicted molar refractivity (Wildman–Crippen MR) is 97.0 cm³/mol. The number of piperidine rings is 1. The first-order chi connectivity index (χ1) is 11.1. The summed E-state index contributed by atoms with van der Waals surface area (Å²) in [7, 11) is 0. The van der Waals surface area contributed by atoms with E-state index in [1.807, 2.05) is 12.1 Å². The Hall–Kier alpha value is -1.17. The number of hydrogen-bond donors (Lipinski definition) is 1. The summed E-state index contributed by atoms with van der Waals surface area (Å²) in [6.07, 6.45) is 1.71. The van der Waals surface area contributed by atoms with Gasteiger partial charge in [-0.25, -0.2) is 0 Å². The zero-order chi connectivity index (χ0) is 16.4. The summed E-state index contributed by atoms with van der Waals surface area (Å²) in [5.74, 6) is -0.947. The highest BCUT2D eigenvalue weighted by atomic mass is 79.9. The molecule has 2 atom stereocenters. The van der Waals surface area contributed by atoms with Crippen molar-refractivity contribution in [2.24, 2.45) is 5.92 Å². The molecule has 1 N–H and O–H groups in total. The van der Waals surface area contributed by atoms with Crippen LogP contribution in [0.4, 0.5) is 0 Å². The number of aryl methyl sites for hydroxylation is 1. The van der Waals surface area contributed by atoms with Crippen LogP contribution < -0.4 is 0 Å². The van der Waals surface area contributed by atoms with Gasteiger partial charge in [0.2, 0.25) is 0 Å². The molecule has 2 unspecified atom stereocenters. The minimum atomic E-state index is -0.678. The fourth-order valence-electron chi connectivity index (χ4n) is 3.27. The lowest BCUT2D eigenvalue weighted by molar-refractivity contribution is -0.143. The lowest BCUT2D eigenvalue weighted by Gasteiger charge is -2.37. The van der Waals surface area contributed by atoms with Crippen LogP contribution in [0.15, 0.2) is 40.2 Å². The van der Waals surface area contributed by atoms with Crippen molar-refractivity contribution < 1.29 is 9.90 Å². The van der Waals surface area contributed by atoms with E-state index in [4.69, 9.17) is 0 Å². The minimum absolute atomic E-state index is 0.117. The van der Waals surface area contributed by atoms with Crippen molar-refractivity contribution >= 4 is 33.2 Å². The Bertz CT molecular complexity index is 700. The summed E-state index contributed by atoms with van der Waals surface area (Å²) < 4.78 is 1.08. The molecule has 0 saturated carbocycles. The quantitative estimate of drug-likeness (QED) is 0.817. The molecule has 3 rings (SSSR count). The Balaban J connectivity index is 1.98. The van der Waals surface area contributed by atoms with Gasteiger partial charge in [0, 0.05) is 15.9 Å². The third kappa shape index (κ3) is 3.67. The van der Waals surface area contributed by atoms with Gasteiger partial charge in [0.05, 0.1) is 12.0 Å². The maximum atomic E-state index is 11.4. The number of carboxylic acids is 1. The molecule has 0 aliphatic carbocycles. The van der Waals surface area contributed by atoms with Crippen LogP contribution in [-0.2, 0) is 4.79 Å². The van der Waals surface area contributed by atoms with Crippen molar-refractivity contribution in [1.82, 2.24) is 4.90 Å². The van der Waals surface area contributed by atoms with Crippen LogP contribution in [0.3, 0.4) is 0 Å². The normalized spacial score (nSPS) is 20.3. The highest BCUT2D eigenvalue weighted by Crippen LogP contribution is 2.38. The second-order valence-corrected chi connectivity index (χ2v) is 7.92. The van der Waals surface area contributed by atoms with E-state index in [9.17, 15) is 9.90 Å². The van der Waals surface area contributed by atoms with Crippen molar-refractivity contribution in [2.45, 2.75) is 25.8 Å². The van der Waals surface area contributed by atoms with Crippen LogP contribution >= 0.6 is 27.3 Å². The summed E-state index contributed by atoms with van der Waals surface area (Å²) in [6.45, 7) is 3.65. The van der Waals surface area contributed by atoms with Gasteiger partial charge in [-0.15, -0.1) is 11.3 Å². The third-order valence-corrected chi connectivity index (χ3v) is 6.21. The zero-order valence-corrected chi connectivity index (χ0v) is 15.4. The van der Waals surface area contributed by atoms with Crippen LogP contribution in [0.2, 0.25) is 0 Å². The van der Waals surface area contributed by atoms with Crippen molar-refractivity contribution in [3.63, 3.8) is 0 Å². The zero-order valence-electron chi connectivity index (χ0n) is 13.0. The SMILES string of the molecule is Cc1csc(C(c2ccccc2Br)N2CCCC(C(=O)O)C2)c1. The molecule has 0 bridgehead atoms. The average Bonchev–Trinajstić information content (AvgIpc) is 2.96. The lowest BCUT2D eigenvalue weighted by Crippen LogP contribution is -2.41. The first-order valence-electron chi connectivity index (χ1n) is 7.82. The summed E-state index contributed by atoms with van der Waals surface area (Å²) in [5, 5.41) is 11.6. The molecule has 1 fully saturated rings. The number of halogens is 1. The second kappa shape index (κ2) is 7.16. The topological polar surface area (TPSA) is 40.5 Å². The first-order valence-corrected chi connectivity index (χ1v) is 9.50. The molecular weight excluding hydrogens is 374 g/mol. The predicted octanol–water partition coefficient (Wildman–Crippen LogP) is 4.71. The molecule has 1 aliphatic rings. The molecule has 1 aromatic carbocycles. The van der Waals surface area contributed by atoms with E-state index >= 15 is 0 Å². The van der Waals surface area contributed by atoms with Crippen LogP contribution in [0.1, 0.15) is 34.9 Å². The highest BCUT2D eigenvalue weighted by Gasteiger charge is 2.32. The average molecular weight is 394 g/mol. The van der Waals surface area contributed by atoms with Gasteiger partial charge in [-0.05, 0) is 54.9 Å². The number of carboxylic acid groups (broad SMARTS) is 1. The van der Waals surface area contributed by atoms with E-state index < -0.39 is 5.97 Å². The molecular formula is C18H20BrNO2S. The molecule has 0 spiro atoms. The van der Waals surface area contributed by atoms with Gasteiger partial charge in [0.15, 0.2) is 0 Å². The van der Waals surface area contributed by atoms with Crippen LogP contribution in [-0.4, -0.2) is 29.1 Å². The summed E-state index contributed by atoms with van der Waals surface area (Å²) >= 11 is 5.43. The van der Waals surface area contributed by atoms with E-state index in [1.165, 1.54) is 16.0 Å². The van der Waals surface area contributed by atoms with E-state index in [-0.39, 0.29) is 12.0 Å². The molecule has 0 radical (unpaired) electrons. The van der Waals surface area contributed by atoms with E-state index in [1.54, 1.807) is 11.3 Å². The molecule has 1 aliphatic heterocycles. The standard InChI is InChI=1S/C18H20BrNO2S/c1-12-9-16(23-11-12)17(14-6-2-3-7-15(14)19)20-8-4-5-13(10-20)18(21)22/h2-3,6-7,9,11,13,17H,4-5,8,10H2,1H3,(H,21,22). The second-order valence-electron chi connectivity index (χ2n) is 6.12. The number of likely N-dealkylation sites (tertiary alicyclic amines) is 1. The number of carbonyl (C=O) groups is 1. The molecule has 23 heavy (non-hydrogen) atoms. The first kappa shape index (κ1) is 16.7. The van der Waals surface area contributed by atoms with Gasteiger partial charge in [0.1, 0.15) is 0 Å². The molecule has 1 aromatic heterocycles. The van der Waals surface area contributed by atoms with Gasteiger partial charge >= 0.3 is 5.97 Å². The number of rotatable bonds is 4. The van der Waals surface area contributed by atoms with Gasteiger partial charge < -0.3 is 5.11 Å². The number of aliphatic carboxylic acids is 1. The smallest absolute Gasteiger partial charge is 0.307 e. The van der Waals surface area contributed by atoms with E-state index in [0.717, 1.165) is 23.9 Å². The fourth-order valence-corrected chi connectivity index (χ4v) is 4.82. The lowest BCUT2D eigenvalue weighted by atomic mass is 9.94. The fraction of sp³-hybridized carbons (Fsp3) is 0.389. The Morgan fingerprint density at radius 1 is 1.43 bits per heavy atom. The largest absolute Gasteiger partial charge is 0.481 e. The highest BCUT2D eigenvalue weighted by molar-refractivity contribution is 9.10. The molecule has 0 amide bonds. The number of benzene rings is 1. The van der Waals surface area contributed by atoms with Crippen molar-refractivity contribution in [1.29, 1.82) is 0 Å². The Morgan fingerprint density at radius 3 is 2.87 bits per heavy atom. The number of thiophene rings is 1. The van der Waals surface area contributed by atoms with Gasteiger partial charge in [0.25, 0.3) is 0 Å². The number of nitrogens with zero attached hydrogens (tertiary/aromatic N) is 1. The maximum Gasteiger partial charge on any atom is 0.307 e. The van der Waals surface area contributed by atoms with Gasteiger partial charge in [-0.3, -0.25) is 9.69 Å². The summed E-state index contributed by atoms with van der Waals surface area (Å²) in [4.78, 5) is 15.0. The number of hydrogen-bond acceptors (Lipinski definition) is 3. The summed E-state index contributed by atoms with van der Waals surface area (Å²) in [6, 6.07) is 10.6. The third-order valence-electron chi connectivity index (χ3n) is 4.39. The Morgan fingerprint density at radius 2 is 2.22 bits per heavy atom. The Labute approximate surface area is 149 Å². The van der Waals surface area contributed by atoms with Crippen molar-refractivity contribution in [3.8, 4) is 0 Å². The molecule has 1 saturated heterocycles. The molecule has 3 nitrogen and oxygen atoms in total. The summed E-state index contributed by atoms with van der Waals surface area (Å²) in [5.41, 5.74) is 2.47. The molecule has 122 valence electrons. The monoisotopic (exact) mass is 393 g/mol. The van der Waals surface area contributed by atoms with E-state index in [2.05, 4.69) is 51.3 Å². The Kier molecular flexibility index (Phi) is 5.19. The van der Waals surface area contributed by atoms with Gasteiger partial charge in [-0.1, -0.05) is 34.1 Å². The van der Waals surface area contributed by atoms with Crippen LogP contribution in [0.25, 0.3) is 0 Å². The maximum absolute atomic E-state index is 11.4. The van der Waals surface area contributed by atoms with Crippen LogP contribution in [0.5, 0.6) is 0 Å². The molecule has 2 aromatic rings. The minimum Gasteiger partial charge on any atom is -0.481 e. The van der Waals surface area contributed by atoms with Crippen LogP contribution in [0, 0.1) is 12.8 Å². The molecule has 2 heterocycles. The van der Waals surface area contributed by atoms with E-state index in [0.29, 0.717) is 6.54 Å². The molecule has 5 heteroatoms. The van der Waals surface area contributed by atoms with Crippen molar-refractivity contribution in [3.05, 3.63) is 56.2 Å². The van der Waals surface area contributed by atoms with Crippen molar-refractivity contribution in [2.75, 3.05) is 13.1 Å².